The van der Waals surface area contributed by atoms with E-state index in [1.165, 1.54) is 28.4 Å². The van der Waals surface area contributed by atoms with Crippen LogP contribution in [0, 0.1) is 30.9 Å². The van der Waals surface area contributed by atoms with Crippen LogP contribution >= 0.6 is 0 Å². The number of benzene rings is 3. The Labute approximate surface area is 364 Å². The zero-order valence-electron chi connectivity index (χ0n) is 35.9. The predicted octanol–water partition coefficient (Wildman–Crippen LogP) is 4.76. The minimum atomic E-state index is -1.10. The van der Waals surface area contributed by atoms with Gasteiger partial charge in [-0.15, -0.1) is 0 Å². The molecular weight excluding hydrogens is 811 g/mol. The second-order valence-electron chi connectivity index (χ2n) is 16.1. The number of morpholine rings is 3. The van der Waals surface area contributed by atoms with Crippen molar-refractivity contribution in [1.82, 2.24) is 15.0 Å². The molecule has 3 aliphatic heterocycles. The van der Waals surface area contributed by atoms with Gasteiger partial charge in [-0.05, 0) is 68.3 Å². The van der Waals surface area contributed by atoms with Gasteiger partial charge in [0.25, 0.3) is 5.69 Å². The zero-order valence-corrected chi connectivity index (χ0v) is 35.9. The third kappa shape index (κ3) is 10.1. The van der Waals surface area contributed by atoms with Crippen molar-refractivity contribution in [3.63, 3.8) is 0 Å². The number of aryl methyl sites for hydroxylation is 3. The molecule has 9 N–H and O–H groups in total. The number of rotatable bonds is 10. The first-order valence-electron chi connectivity index (χ1n) is 21.2. The van der Waals surface area contributed by atoms with E-state index in [1.807, 2.05) is 19.1 Å². The van der Waals surface area contributed by atoms with Gasteiger partial charge in [-0.25, -0.2) is 0 Å². The lowest BCUT2D eigenvalue weighted by molar-refractivity contribution is -0.383. The maximum Gasteiger partial charge on any atom is 0.320 e. The van der Waals surface area contributed by atoms with Gasteiger partial charge in [0.2, 0.25) is 0 Å². The monoisotopic (exact) mass is 867 g/mol. The van der Waals surface area contributed by atoms with Crippen molar-refractivity contribution in [1.29, 1.82) is 0 Å². The number of hydrogen-bond donors (Lipinski definition) is 7. The molecule has 3 aromatic heterocycles. The van der Waals surface area contributed by atoms with E-state index in [2.05, 4.69) is 66.9 Å². The number of nitrogens with two attached hydrogens (primary N) is 2. The summed E-state index contributed by atoms with van der Waals surface area (Å²) in [5.74, 6) is -2.08. The van der Waals surface area contributed by atoms with Crippen molar-refractivity contribution in [3.05, 3.63) is 92.9 Å². The number of ether oxygens (including phenoxy) is 3. The van der Waals surface area contributed by atoms with Gasteiger partial charge in [0, 0.05) is 120 Å². The number of non-ortho nitro benzene ring substituents is 1. The number of hydrogen-bond acceptors (Lipinski definition) is 12. The van der Waals surface area contributed by atoms with Gasteiger partial charge < -0.3 is 65.5 Å². The molecule has 0 spiro atoms. The fraction of sp³-hybridized carbons (Fsp3) is 0.422. The first-order chi connectivity index (χ1) is 30.3. The number of fused-ring (bicyclic) bond motifs is 3. The number of carboxylic acids is 2. The van der Waals surface area contributed by atoms with Crippen molar-refractivity contribution in [2.75, 3.05) is 93.6 Å². The van der Waals surface area contributed by atoms with Crippen LogP contribution in [0.5, 0.6) is 0 Å². The van der Waals surface area contributed by atoms with E-state index in [1.54, 1.807) is 13.0 Å². The van der Waals surface area contributed by atoms with Crippen LogP contribution in [0.4, 0.5) is 22.7 Å². The van der Waals surface area contributed by atoms with Gasteiger partial charge in [0.1, 0.15) is 17.6 Å². The number of nitrogens with zero attached hydrogens (tertiary/aromatic N) is 4. The second-order valence-corrected chi connectivity index (χ2v) is 16.1. The molecule has 9 rings (SSSR count). The molecule has 0 aliphatic carbocycles. The third-order valence-electron chi connectivity index (χ3n) is 11.9. The summed E-state index contributed by atoms with van der Waals surface area (Å²) in [5.41, 5.74) is 21.9. The maximum absolute atomic E-state index is 11.4. The van der Waals surface area contributed by atoms with Gasteiger partial charge in [0.15, 0.2) is 0 Å². The number of nitro benzene ring substituents is 1. The van der Waals surface area contributed by atoms with Crippen LogP contribution in [-0.4, -0.2) is 133 Å². The summed E-state index contributed by atoms with van der Waals surface area (Å²) in [6.07, 6.45) is 0.419. The van der Waals surface area contributed by atoms with Crippen LogP contribution in [0.15, 0.2) is 54.6 Å². The predicted molar refractivity (Wildman–Crippen MR) is 243 cm³/mol. The largest absolute Gasteiger partial charge is 0.480 e. The van der Waals surface area contributed by atoms with E-state index < -0.39 is 28.9 Å². The van der Waals surface area contributed by atoms with Crippen LogP contribution in [0.2, 0.25) is 0 Å². The number of aromatic nitrogens is 3. The van der Waals surface area contributed by atoms with Crippen LogP contribution in [-0.2, 0) is 36.6 Å². The first kappa shape index (κ1) is 44.9. The number of nitrogens with one attached hydrogen (secondary N) is 3. The molecule has 2 unspecified atom stereocenters. The number of nitro groups is 1. The summed E-state index contributed by atoms with van der Waals surface area (Å²) in [6, 6.07) is 16.0. The van der Waals surface area contributed by atoms with E-state index in [-0.39, 0.29) is 12.1 Å². The average Bonchev–Trinajstić information content (AvgIpc) is 3.94. The first-order valence-corrected chi connectivity index (χ1v) is 21.2. The smallest absolute Gasteiger partial charge is 0.320 e. The Bertz CT molecular complexity index is 2570. The molecule has 6 aromatic rings. The Kier molecular flexibility index (Phi) is 14.2. The standard InChI is InChI=1S/C16H20N4O5.C16H21N3O3.C13H16N2O/c1-9-10(8-11(17)16(21)22)14-12(19-4-6-25-7-5-19)2-3-13(20(23)24)15(14)18-9;1-10-11(9-12(17)16(20)21)15-13(18-10)3-2-4-14(15)19-5-7-22-8-6-19;1-10-9-11-12(14-10)3-2-4-13(11)15-5-7-16-8-6-15/h2-3,11,18H,4-8,17H2,1H3,(H,21,22);2-4,12,18H,5-9,17H2,1H3,(H,20,21);2-4,9,14H,5-8H2,1H3. The number of anilines is 3. The highest BCUT2D eigenvalue weighted by molar-refractivity contribution is 6.02. The van der Waals surface area contributed by atoms with Crippen molar-refractivity contribution in [2.24, 2.45) is 11.5 Å². The third-order valence-corrected chi connectivity index (χ3v) is 11.9. The number of carbonyl (C=O) groups is 2. The number of aromatic amines is 3. The van der Waals surface area contributed by atoms with Gasteiger partial charge in [0.05, 0.1) is 44.6 Å². The van der Waals surface area contributed by atoms with Crippen molar-refractivity contribution < 1.29 is 38.9 Å². The summed E-state index contributed by atoms with van der Waals surface area (Å²) >= 11 is 0. The van der Waals surface area contributed by atoms with Crippen LogP contribution in [0.3, 0.4) is 0 Å². The molecule has 3 aromatic carbocycles. The zero-order chi connectivity index (χ0) is 44.8. The topological polar surface area (TPSA) is 255 Å². The molecule has 3 fully saturated rings. The van der Waals surface area contributed by atoms with E-state index in [9.17, 15) is 19.7 Å². The van der Waals surface area contributed by atoms with E-state index in [4.69, 9.17) is 35.9 Å². The minimum Gasteiger partial charge on any atom is -0.480 e. The Morgan fingerprint density at radius 1 is 0.667 bits per heavy atom. The quantitative estimate of drug-likeness (QED) is 0.0725. The lowest BCUT2D eigenvalue weighted by Crippen LogP contribution is -2.36. The highest BCUT2D eigenvalue weighted by atomic mass is 16.6. The van der Waals surface area contributed by atoms with E-state index >= 15 is 0 Å². The van der Waals surface area contributed by atoms with Crippen molar-refractivity contribution >= 4 is 67.4 Å². The molecule has 18 heteroatoms. The lowest BCUT2D eigenvalue weighted by Gasteiger charge is -2.29. The highest BCUT2D eigenvalue weighted by Gasteiger charge is 2.27. The molecule has 2 atom stereocenters. The molecule has 0 bridgehead atoms. The fourth-order valence-corrected chi connectivity index (χ4v) is 8.66. The van der Waals surface area contributed by atoms with Crippen LogP contribution in [0.25, 0.3) is 32.7 Å². The fourth-order valence-electron chi connectivity index (χ4n) is 8.66. The SMILES string of the molecule is Cc1[nH]c2c([N+](=O)[O-])ccc(N3CCOCC3)c2c1CC(N)C(=O)O.Cc1[nH]c2cccc(N3CCOCC3)c2c1CC(N)C(=O)O.Cc1cc2c(N3CCOCC3)cccc2[nH]1. The molecule has 0 saturated carbocycles. The molecule has 0 radical (unpaired) electrons. The molecule has 63 heavy (non-hydrogen) atoms. The van der Waals surface area contributed by atoms with Crippen LogP contribution < -0.4 is 26.2 Å². The lowest BCUT2D eigenvalue weighted by atomic mass is 10.0. The number of carboxylic acid groups (broad SMARTS) is 2. The van der Waals surface area contributed by atoms with Crippen molar-refractivity contribution in [3.8, 4) is 0 Å². The van der Waals surface area contributed by atoms with E-state index in [0.29, 0.717) is 68.1 Å². The Morgan fingerprint density at radius 3 is 1.65 bits per heavy atom. The molecule has 0 amide bonds. The van der Waals surface area contributed by atoms with Crippen molar-refractivity contribution in [2.45, 2.75) is 45.7 Å². The number of aliphatic carboxylic acids is 2. The van der Waals surface area contributed by atoms with Gasteiger partial charge in [-0.2, -0.15) is 0 Å². The normalized spacial score (nSPS) is 16.6. The Balaban J connectivity index is 0.000000145. The molecular formula is C45H57N9O9. The summed E-state index contributed by atoms with van der Waals surface area (Å²) in [5, 5.41) is 32.7. The summed E-state index contributed by atoms with van der Waals surface area (Å²) in [7, 11) is 0. The van der Waals surface area contributed by atoms with Gasteiger partial charge >= 0.3 is 11.9 Å². The highest BCUT2D eigenvalue weighted by Crippen LogP contribution is 2.38. The number of H-pyrrole nitrogens is 3. The molecule has 6 heterocycles. The molecule has 336 valence electrons. The van der Waals surface area contributed by atoms with Gasteiger partial charge in [-0.3, -0.25) is 19.7 Å². The maximum atomic E-state index is 11.4. The summed E-state index contributed by atoms with van der Waals surface area (Å²) in [4.78, 5) is 49.8. The second kappa shape index (κ2) is 19.9. The average molecular weight is 868 g/mol. The Morgan fingerprint density at radius 2 is 1.13 bits per heavy atom. The minimum absolute atomic E-state index is 0.0368. The molecule has 3 aliphatic rings. The van der Waals surface area contributed by atoms with Crippen LogP contribution in [0.1, 0.15) is 28.2 Å². The Hall–Kier alpha value is -6.18. The molecule has 3 saturated heterocycles. The molecule has 18 nitrogen and oxygen atoms in total. The van der Waals surface area contributed by atoms with E-state index in [0.717, 1.165) is 72.9 Å². The van der Waals surface area contributed by atoms with Gasteiger partial charge in [-0.1, -0.05) is 12.1 Å². The summed E-state index contributed by atoms with van der Waals surface area (Å²) in [6.45, 7) is 15.1. The summed E-state index contributed by atoms with van der Waals surface area (Å²) < 4.78 is 16.2.